The van der Waals surface area contributed by atoms with Gasteiger partial charge in [-0.15, -0.1) is 0 Å². The molecule has 1 N–H and O–H groups in total. The number of sulfonamides is 1. The fourth-order valence-corrected chi connectivity index (χ4v) is 4.78. The second-order valence-corrected chi connectivity index (χ2v) is 9.34. The van der Waals surface area contributed by atoms with Gasteiger partial charge in [0.05, 0.1) is 44.7 Å². The van der Waals surface area contributed by atoms with Crippen LogP contribution in [0.3, 0.4) is 0 Å². The Bertz CT molecular complexity index is 1290. The first-order valence-electron chi connectivity index (χ1n) is 10.6. The van der Waals surface area contributed by atoms with Crippen LogP contribution in [0.4, 0.5) is 11.4 Å². The van der Waals surface area contributed by atoms with E-state index in [-0.39, 0.29) is 16.3 Å². The summed E-state index contributed by atoms with van der Waals surface area (Å²) in [6.45, 7) is 1.31. The SMILES string of the molecule is COc1ccc(OC)c(NC(=O)CN(c2cc(OC)ccc2OC)S(=O)(=O)c2ccc(C)cc2)c1. The number of nitrogens with zero attached hydrogens (tertiary/aromatic N) is 1. The molecule has 0 radical (unpaired) electrons. The lowest BCUT2D eigenvalue weighted by Gasteiger charge is -2.26. The van der Waals surface area contributed by atoms with Crippen molar-refractivity contribution in [2.75, 3.05) is 44.6 Å². The van der Waals surface area contributed by atoms with Gasteiger partial charge in [-0.2, -0.15) is 0 Å². The van der Waals surface area contributed by atoms with Crippen molar-refractivity contribution >= 4 is 27.3 Å². The van der Waals surface area contributed by atoms with Crippen LogP contribution in [0.1, 0.15) is 5.56 Å². The van der Waals surface area contributed by atoms with Crippen LogP contribution in [0.5, 0.6) is 23.0 Å². The van der Waals surface area contributed by atoms with E-state index in [0.29, 0.717) is 22.9 Å². The third-order valence-electron chi connectivity index (χ3n) is 5.23. The number of hydrogen-bond acceptors (Lipinski definition) is 7. The number of methoxy groups -OCH3 is 4. The molecule has 0 spiro atoms. The third kappa shape index (κ3) is 5.78. The highest BCUT2D eigenvalue weighted by Crippen LogP contribution is 2.36. The molecule has 0 aliphatic rings. The molecule has 0 unspecified atom stereocenters. The largest absolute Gasteiger partial charge is 0.497 e. The van der Waals surface area contributed by atoms with Crippen molar-refractivity contribution in [3.8, 4) is 23.0 Å². The van der Waals surface area contributed by atoms with Crippen molar-refractivity contribution < 1.29 is 32.2 Å². The van der Waals surface area contributed by atoms with Gasteiger partial charge in [-0.05, 0) is 43.3 Å². The van der Waals surface area contributed by atoms with E-state index < -0.39 is 22.5 Å². The van der Waals surface area contributed by atoms with Gasteiger partial charge in [0.25, 0.3) is 10.0 Å². The summed E-state index contributed by atoms with van der Waals surface area (Å²) in [6, 6.07) is 16.0. The van der Waals surface area contributed by atoms with Gasteiger partial charge in [-0.3, -0.25) is 9.10 Å². The first-order valence-corrected chi connectivity index (χ1v) is 12.0. The van der Waals surface area contributed by atoms with E-state index in [2.05, 4.69) is 5.32 Å². The van der Waals surface area contributed by atoms with Crippen molar-refractivity contribution in [3.05, 3.63) is 66.2 Å². The number of amides is 1. The molecule has 0 aromatic heterocycles. The van der Waals surface area contributed by atoms with Crippen LogP contribution in [0.15, 0.2) is 65.6 Å². The Morgan fingerprint density at radius 1 is 0.800 bits per heavy atom. The van der Waals surface area contributed by atoms with E-state index >= 15 is 0 Å². The van der Waals surface area contributed by atoms with Crippen molar-refractivity contribution in [1.29, 1.82) is 0 Å². The van der Waals surface area contributed by atoms with Gasteiger partial charge in [-0.1, -0.05) is 17.7 Å². The van der Waals surface area contributed by atoms with Crippen LogP contribution in [0, 0.1) is 6.92 Å². The highest BCUT2D eigenvalue weighted by molar-refractivity contribution is 7.92. The molecule has 10 heteroatoms. The Morgan fingerprint density at radius 3 is 1.94 bits per heavy atom. The van der Waals surface area contributed by atoms with Crippen LogP contribution in [-0.4, -0.2) is 49.3 Å². The summed E-state index contributed by atoms with van der Waals surface area (Å²) in [5.41, 5.74) is 1.39. The molecule has 0 aliphatic heterocycles. The molecule has 0 atom stereocenters. The number of rotatable bonds is 10. The first kappa shape index (κ1) is 25.7. The Morgan fingerprint density at radius 2 is 1.37 bits per heavy atom. The molecule has 3 rings (SSSR count). The second-order valence-electron chi connectivity index (χ2n) is 7.48. The second kappa shape index (κ2) is 11.0. The Balaban J connectivity index is 2.06. The number of anilines is 2. The summed E-state index contributed by atoms with van der Waals surface area (Å²) in [4.78, 5) is 13.2. The summed E-state index contributed by atoms with van der Waals surface area (Å²) in [6.07, 6.45) is 0. The molecule has 1 amide bonds. The Hall–Kier alpha value is -3.92. The maximum absolute atomic E-state index is 13.7. The number of benzene rings is 3. The molecule has 0 saturated carbocycles. The van der Waals surface area contributed by atoms with Gasteiger partial charge < -0.3 is 24.3 Å². The minimum atomic E-state index is -4.16. The zero-order chi connectivity index (χ0) is 25.6. The molecule has 0 bridgehead atoms. The molecular formula is C25H28N2O7S. The average molecular weight is 501 g/mol. The third-order valence-corrected chi connectivity index (χ3v) is 7.01. The van der Waals surface area contributed by atoms with Crippen LogP contribution in [0.25, 0.3) is 0 Å². The summed E-state index contributed by atoms with van der Waals surface area (Å²) in [7, 11) is 1.68. The standard InChI is InChI=1S/C25H28N2O7S/c1-17-6-10-20(11-7-17)35(29,30)27(22-15-19(32-3)9-13-24(22)34-5)16-25(28)26-21-14-18(31-2)8-12-23(21)33-4/h6-15H,16H2,1-5H3,(H,26,28). The number of carbonyl (C=O) groups excluding carboxylic acids is 1. The molecule has 186 valence electrons. The van der Waals surface area contributed by atoms with Crippen LogP contribution in [0.2, 0.25) is 0 Å². The maximum atomic E-state index is 13.7. The van der Waals surface area contributed by atoms with E-state index in [4.69, 9.17) is 18.9 Å². The average Bonchev–Trinajstić information content (AvgIpc) is 2.87. The summed E-state index contributed by atoms with van der Waals surface area (Å²) >= 11 is 0. The van der Waals surface area contributed by atoms with Crippen molar-refractivity contribution in [2.24, 2.45) is 0 Å². The highest BCUT2D eigenvalue weighted by Gasteiger charge is 2.30. The van der Waals surface area contributed by atoms with Crippen molar-refractivity contribution in [2.45, 2.75) is 11.8 Å². The van der Waals surface area contributed by atoms with Gasteiger partial charge in [0.15, 0.2) is 0 Å². The van der Waals surface area contributed by atoms with Gasteiger partial charge in [0.1, 0.15) is 29.5 Å². The van der Waals surface area contributed by atoms with E-state index in [1.165, 1.54) is 46.6 Å². The van der Waals surface area contributed by atoms with Crippen LogP contribution >= 0.6 is 0 Å². The highest BCUT2D eigenvalue weighted by atomic mass is 32.2. The molecule has 9 nitrogen and oxygen atoms in total. The predicted molar refractivity (Wildman–Crippen MR) is 133 cm³/mol. The lowest BCUT2D eigenvalue weighted by molar-refractivity contribution is -0.114. The van der Waals surface area contributed by atoms with E-state index in [9.17, 15) is 13.2 Å². The van der Waals surface area contributed by atoms with Gasteiger partial charge in [-0.25, -0.2) is 8.42 Å². The molecule has 3 aromatic rings. The fourth-order valence-electron chi connectivity index (χ4n) is 3.36. The molecule has 0 aliphatic carbocycles. The van der Waals surface area contributed by atoms with Crippen molar-refractivity contribution in [1.82, 2.24) is 0 Å². The fraction of sp³-hybridized carbons (Fsp3) is 0.240. The minimum absolute atomic E-state index is 0.0275. The lowest BCUT2D eigenvalue weighted by atomic mass is 10.2. The normalized spacial score (nSPS) is 10.9. The predicted octanol–water partition coefficient (Wildman–Crippen LogP) is 3.86. The monoisotopic (exact) mass is 500 g/mol. The molecular weight excluding hydrogens is 472 g/mol. The number of nitrogens with one attached hydrogen (secondary N) is 1. The minimum Gasteiger partial charge on any atom is -0.497 e. The van der Waals surface area contributed by atoms with Crippen LogP contribution < -0.4 is 28.6 Å². The lowest BCUT2D eigenvalue weighted by Crippen LogP contribution is -2.38. The van der Waals surface area contributed by atoms with Gasteiger partial charge >= 0.3 is 0 Å². The summed E-state index contributed by atoms with van der Waals surface area (Å²) in [5, 5.41) is 2.71. The summed E-state index contributed by atoms with van der Waals surface area (Å²) in [5.74, 6) is 0.955. The van der Waals surface area contributed by atoms with Gasteiger partial charge in [0.2, 0.25) is 5.91 Å². The molecule has 0 saturated heterocycles. The molecule has 35 heavy (non-hydrogen) atoms. The van der Waals surface area contributed by atoms with E-state index in [1.54, 1.807) is 42.5 Å². The van der Waals surface area contributed by atoms with E-state index in [1.807, 2.05) is 6.92 Å². The van der Waals surface area contributed by atoms with E-state index in [0.717, 1.165) is 9.87 Å². The maximum Gasteiger partial charge on any atom is 0.264 e. The molecule has 3 aromatic carbocycles. The van der Waals surface area contributed by atoms with Crippen molar-refractivity contribution in [3.63, 3.8) is 0 Å². The quantitative estimate of drug-likeness (QED) is 0.451. The number of carbonyl (C=O) groups is 1. The Labute approximate surface area is 205 Å². The molecule has 0 heterocycles. The zero-order valence-electron chi connectivity index (χ0n) is 20.2. The first-order chi connectivity index (χ1) is 16.7. The topological polar surface area (TPSA) is 103 Å². The van der Waals surface area contributed by atoms with Gasteiger partial charge in [0, 0.05) is 12.1 Å². The smallest absolute Gasteiger partial charge is 0.264 e. The number of aryl methyl sites for hydroxylation is 1. The van der Waals surface area contributed by atoms with Crippen LogP contribution in [-0.2, 0) is 14.8 Å². The molecule has 0 fully saturated rings. The number of hydrogen-bond donors (Lipinski definition) is 1. The zero-order valence-corrected chi connectivity index (χ0v) is 21.0. The number of ether oxygens (including phenoxy) is 4. The Kier molecular flexibility index (Phi) is 8.08. The summed E-state index contributed by atoms with van der Waals surface area (Å²) < 4.78 is 49.7.